The molecule has 0 aromatic carbocycles. The van der Waals surface area contributed by atoms with Gasteiger partial charge in [-0.05, 0) is 43.5 Å². The second-order valence-electron chi connectivity index (χ2n) is 4.03. The van der Waals surface area contributed by atoms with Crippen molar-refractivity contribution in [3.63, 3.8) is 0 Å². The molecule has 0 unspecified atom stereocenters. The maximum Gasteiger partial charge on any atom is 0.00457 e. The third-order valence-electron chi connectivity index (χ3n) is 2.84. The summed E-state index contributed by atoms with van der Waals surface area (Å²) in [5.74, 6) is 1.08. The molecule has 0 aromatic heterocycles. The largest absolute Gasteiger partial charge is 0.303 e. The fourth-order valence-electron chi connectivity index (χ4n) is 1.68. The van der Waals surface area contributed by atoms with Gasteiger partial charge >= 0.3 is 0 Å². The summed E-state index contributed by atoms with van der Waals surface area (Å²) in [6, 6.07) is 0. The van der Waals surface area contributed by atoms with Crippen LogP contribution in [0.3, 0.4) is 0 Å². The van der Waals surface area contributed by atoms with Crippen LogP contribution in [-0.2, 0) is 0 Å². The molecule has 2 heteroatoms. The maximum absolute atomic E-state index is 4.42. The van der Waals surface area contributed by atoms with Gasteiger partial charge in [0.1, 0.15) is 0 Å². The molecule has 1 nitrogen and oxygen atoms in total. The van der Waals surface area contributed by atoms with Crippen molar-refractivity contribution in [3.8, 4) is 0 Å². The highest BCUT2D eigenvalue weighted by atomic mass is 32.1. The van der Waals surface area contributed by atoms with Crippen molar-refractivity contribution >= 4 is 12.6 Å². The summed E-state index contributed by atoms with van der Waals surface area (Å²) in [6.45, 7) is 8.24. The van der Waals surface area contributed by atoms with Gasteiger partial charge < -0.3 is 4.90 Å². The van der Waals surface area contributed by atoms with E-state index in [-0.39, 0.29) is 0 Å². The zero-order valence-electron chi connectivity index (χ0n) is 8.34. The van der Waals surface area contributed by atoms with Gasteiger partial charge in [-0.2, -0.15) is 12.6 Å². The van der Waals surface area contributed by atoms with E-state index in [4.69, 9.17) is 0 Å². The van der Waals surface area contributed by atoms with E-state index < -0.39 is 0 Å². The summed E-state index contributed by atoms with van der Waals surface area (Å²) in [4.78, 5) is 2.56. The Morgan fingerprint density at radius 2 is 2.00 bits per heavy atom. The van der Waals surface area contributed by atoms with Crippen LogP contribution in [0.1, 0.15) is 33.1 Å². The molecule has 0 atom stereocenters. The van der Waals surface area contributed by atoms with E-state index in [1.807, 2.05) is 0 Å². The number of hydrogen-bond acceptors (Lipinski definition) is 2. The molecule has 1 saturated carbocycles. The minimum Gasteiger partial charge on any atom is -0.303 e. The Morgan fingerprint density at radius 3 is 2.33 bits per heavy atom. The van der Waals surface area contributed by atoms with Crippen LogP contribution in [0.25, 0.3) is 0 Å². The van der Waals surface area contributed by atoms with Crippen LogP contribution in [-0.4, -0.2) is 30.3 Å². The van der Waals surface area contributed by atoms with Gasteiger partial charge in [0, 0.05) is 6.54 Å². The minimum atomic E-state index is 0.605. The summed E-state index contributed by atoms with van der Waals surface area (Å²) >= 11 is 4.42. The zero-order valence-corrected chi connectivity index (χ0v) is 9.24. The average Bonchev–Trinajstić information content (AvgIpc) is 2.85. The van der Waals surface area contributed by atoms with E-state index in [2.05, 4.69) is 31.4 Å². The van der Waals surface area contributed by atoms with Crippen molar-refractivity contribution in [1.82, 2.24) is 4.90 Å². The van der Waals surface area contributed by atoms with Crippen LogP contribution in [0.2, 0.25) is 0 Å². The molecule has 1 aliphatic rings. The Labute approximate surface area is 81.9 Å². The Morgan fingerprint density at radius 1 is 1.33 bits per heavy atom. The van der Waals surface area contributed by atoms with E-state index >= 15 is 0 Å². The Hall–Kier alpha value is 0.310. The summed E-state index contributed by atoms with van der Waals surface area (Å²) < 4.78 is 0. The molecule has 0 radical (unpaired) electrons. The first-order valence-electron chi connectivity index (χ1n) is 5.09. The lowest BCUT2D eigenvalue weighted by molar-refractivity contribution is 0.242. The van der Waals surface area contributed by atoms with Crippen molar-refractivity contribution in [3.05, 3.63) is 0 Å². The zero-order chi connectivity index (χ0) is 9.03. The smallest absolute Gasteiger partial charge is 0.00457 e. The van der Waals surface area contributed by atoms with Crippen LogP contribution in [0.15, 0.2) is 0 Å². The van der Waals surface area contributed by atoms with E-state index in [0.717, 1.165) is 5.75 Å². The van der Waals surface area contributed by atoms with Crippen LogP contribution < -0.4 is 0 Å². The molecule has 1 fully saturated rings. The molecule has 0 amide bonds. The number of rotatable bonds is 6. The first kappa shape index (κ1) is 10.4. The molecule has 0 bridgehead atoms. The van der Waals surface area contributed by atoms with Crippen LogP contribution in [0.4, 0.5) is 0 Å². The van der Waals surface area contributed by atoms with Gasteiger partial charge in [0.15, 0.2) is 0 Å². The highest BCUT2D eigenvalue weighted by Crippen LogP contribution is 2.46. The first-order chi connectivity index (χ1) is 5.76. The van der Waals surface area contributed by atoms with Crippen LogP contribution >= 0.6 is 12.6 Å². The minimum absolute atomic E-state index is 0.605. The standard InChI is InChI=1S/C10H21NS/c1-3-7-11(4-2)8-10(9-12)5-6-10/h12H,3-9H2,1-2H3. The average molecular weight is 187 g/mol. The summed E-state index contributed by atoms with van der Waals surface area (Å²) in [7, 11) is 0. The normalized spacial score (nSPS) is 20.0. The van der Waals surface area contributed by atoms with Gasteiger partial charge in [-0.3, -0.25) is 0 Å². The molecule has 1 aliphatic carbocycles. The van der Waals surface area contributed by atoms with Gasteiger partial charge in [-0.15, -0.1) is 0 Å². The third kappa shape index (κ3) is 2.67. The van der Waals surface area contributed by atoms with E-state index in [1.165, 1.54) is 38.9 Å². The number of thiol groups is 1. The van der Waals surface area contributed by atoms with Gasteiger partial charge in [0.25, 0.3) is 0 Å². The topological polar surface area (TPSA) is 3.24 Å². The fraction of sp³-hybridized carbons (Fsp3) is 1.00. The molecule has 0 heterocycles. The molecular formula is C10H21NS. The van der Waals surface area contributed by atoms with Crippen LogP contribution in [0.5, 0.6) is 0 Å². The van der Waals surface area contributed by atoms with Crippen molar-refractivity contribution in [2.75, 3.05) is 25.4 Å². The van der Waals surface area contributed by atoms with Crippen molar-refractivity contribution in [2.45, 2.75) is 33.1 Å². The SMILES string of the molecule is CCCN(CC)CC1(CS)CC1. The van der Waals surface area contributed by atoms with Gasteiger partial charge in [-0.1, -0.05) is 13.8 Å². The summed E-state index contributed by atoms with van der Waals surface area (Å²) in [6.07, 6.45) is 4.07. The Balaban J connectivity index is 2.26. The third-order valence-corrected chi connectivity index (χ3v) is 3.51. The van der Waals surface area contributed by atoms with Crippen molar-refractivity contribution in [1.29, 1.82) is 0 Å². The Bertz CT molecular complexity index is 132. The molecule has 0 spiro atoms. The lowest BCUT2D eigenvalue weighted by Gasteiger charge is -2.24. The molecule has 0 aromatic rings. The van der Waals surface area contributed by atoms with Crippen molar-refractivity contribution in [2.24, 2.45) is 5.41 Å². The first-order valence-corrected chi connectivity index (χ1v) is 5.73. The summed E-state index contributed by atoms with van der Waals surface area (Å²) in [5, 5.41) is 0. The molecule has 72 valence electrons. The van der Waals surface area contributed by atoms with E-state index in [0.29, 0.717) is 5.41 Å². The van der Waals surface area contributed by atoms with Gasteiger partial charge in [-0.25, -0.2) is 0 Å². The predicted molar refractivity (Wildman–Crippen MR) is 57.9 cm³/mol. The Kier molecular flexibility index (Phi) is 3.91. The van der Waals surface area contributed by atoms with E-state index in [1.54, 1.807) is 0 Å². The monoisotopic (exact) mass is 187 g/mol. The fourth-order valence-corrected chi connectivity index (χ4v) is 2.10. The number of hydrogen-bond donors (Lipinski definition) is 1. The lowest BCUT2D eigenvalue weighted by Crippen LogP contribution is -2.31. The molecule has 1 rings (SSSR count). The molecular weight excluding hydrogens is 166 g/mol. The second-order valence-corrected chi connectivity index (χ2v) is 4.34. The maximum atomic E-state index is 4.42. The molecule has 0 saturated heterocycles. The highest BCUT2D eigenvalue weighted by molar-refractivity contribution is 7.80. The predicted octanol–water partition coefficient (Wildman–Crippen LogP) is 2.43. The quantitative estimate of drug-likeness (QED) is 0.625. The van der Waals surface area contributed by atoms with Crippen LogP contribution in [0, 0.1) is 5.41 Å². The number of nitrogens with zero attached hydrogens (tertiary/aromatic N) is 1. The highest BCUT2D eigenvalue weighted by Gasteiger charge is 2.41. The lowest BCUT2D eigenvalue weighted by atomic mass is 10.1. The van der Waals surface area contributed by atoms with Gasteiger partial charge in [0.2, 0.25) is 0 Å². The van der Waals surface area contributed by atoms with E-state index in [9.17, 15) is 0 Å². The summed E-state index contributed by atoms with van der Waals surface area (Å²) in [5.41, 5.74) is 0.605. The van der Waals surface area contributed by atoms with Crippen molar-refractivity contribution < 1.29 is 0 Å². The molecule has 0 N–H and O–H groups in total. The van der Waals surface area contributed by atoms with Gasteiger partial charge in [0.05, 0.1) is 0 Å². The molecule has 0 aliphatic heterocycles. The second kappa shape index (κ2) is 4.52. The molecule has 12 heavy (non-hydrogen) atoms.